The van der Waals surface area contributed by atoms with E-state index in [1.165, 1.54) is 0 Å². The minimum atomic E-state index is 0.214. The highest BCUT2D eigenvalue weighted by atomic mass is 32.2. The third-order valence-electron chi connectivity index (χ3n) is 2.89. The maximum Gasteiger partial charge on any atom is 0.119 e. The molecule has 1 aliphatic rings. The summed E-state index contributed by atoms with van der Waals surface area (Å²) < 4.78 is 5.10. The summed E-state index contributed by atoms with van der Waals surface area (Å²) in [5, 5.41) is 11.6. The SMILES string of the molecule is COc1ccc(NC2CC(SC)C2=N)cc1. The molecule has 0 saturated heterocycles. The Balaban J connectivity index is 1.93. The van der Waals surface area contributed by atoms with E-state index in [0.29, 0.717) is 5.25 Å². The maximum atomic E-state index is 7.86. The fourth-order valence-electron chi connectivity index (χ4n) is 1.78. The topological polar surface area (TPSA) is 45.1 Å². The Kier molecular flexibility index (Phi) is 3.39. The van der Waals surface area contributed by atoms with Gasteiger partial charge in [0.15, 0.2) is 0 Å². The molecule has 0 radical (unpaired) electrons. The van der Waals surface area contributed by atoms with Crippen molar-refractivity contribution < 1.29 is 4.74 Å². The van der Waals surface area contributed by atoms with Crippen molar-refractivity contribution in [2.75, 3.05) is 18.7 Å². The third kappa shape index (κ3) is 2.16. The van der Waals surface area contributed by atoms with E-state index in [1.54, 1.807) is 18.9 Å². The van der Waals surface area contributed by atoms with Gasteiger partial charge in [0.1, 0.15) is 5.75 Å². The van der Waals surface area contributed by atoms with Gasteiger partial charge in [-0.2, -0.15) is 11.8 Å². The molecule has 1 aromatic carbocycles. The molecule has 0 heterocycles. The van der Waals surface area contributed by atoms with Crippen LogP contribution in [-0.4, -0.2) is 30.4 Å². The molecule has 86 valence electrons. The van der Waals surface area contributed by atoms with E-state index in [-0.39, 0.29) is 6.04 Å². The minimum Gasteiger partial charge on any atom is -0.497 e. The number of anilines is 1. The molecule has 2 N–H and O–H groups in total. The second-order valence-electron chi connectivity index (χ2n) is 3.84. The van der Waals surface area contributed by atoms with Gasteiger partial charge in [0, 0.05) is 16.6 Å². The first-order chi connectivity index (χ1) is 7.74. The van der Waals surface area contributed by atoms with Crippen LogP contribution >= 0.6 is 11.8 Å². The predicted molar refractivity (Wildman–Crippen MR) is 70.1 cm³/mol. The van der Waals surface area contributed by atoms with Crippen molar-refractivity contribution in [1.29, 1.82) is 5.41 Å². The average molecular weight is 236 g/mol. The van der Waals surface area contributed by atoms with Crippen LogP contribution in [0.3, 0.4) is 0 Å². The summed E-state index contributed by atoms with van der Waals surface area (Å²) in [6.45, 7) is 0. The van der Waals surface area contributed by atoms with Crippen LogP contribution in [0.2, 0.25) is 0 Å². The summed E-state index contributed by atoms with van der Waals surface area (Å²) in [5.41, 5.74) is 1.86. The molecule has 0 aromatic heterocycles. The summed E-state index contributed by atoms with van der Waals surface area (Å²) in [7, 11) is 1.66. The van der Waals surface area contributed by atoms with E-state index < -0.39 is 0 Å². The zero-order valence-corrected chi connectivity index (χ0v) is 10.3. The molecular formula is C12H16N2OS. The number of hydrogen-bond donors (Lipinski definition) is 2. The lowest BCUT2D eigenvalue weighted by Crippen LogP contribution is -2.48. The number of benzene rings is 1. The average Bonchev–Trinajstić information content (AvgIpc) is 2.34. The number of ether oxygens (including phenoxy) is 1. The molecule has 1 aliphatic carbocycles. The zero-order chi connectivity index (χ0) is 11.5. The summed E-state index contributed by atoms with van der Waals surface area (Å²) >= 11 is 1.76. The molecule has 2 atom stereocenters. The van der Waals surface area contributed by atoms with Gasteiger partial charge in [-0.1, -0.05) is 0 Å². The van der Waals surface area contributed by atoms with Crippen LogP contribution < -0.4 is 10.1 Å². The lowest BCUT2D eigenvalue weighted by molar-refractivity contribution is 0.415. The standard InChI is InChI=1S/C12H16N2OS/c1-15-9-5-3-8(4-6-9)14-10-7-11(16-2)12(10)13/h3-6,10-11,13-14H,7H2,1-2H3. The fraction of sp³-hybridized carbons (Fsp3) is 0.417. The van der Waals surface area contributed by atoms with Crippen molar-refractivity contribution in [2.45, 2.75) is 17.7 Å². The van der Waals surface area contributed by atoms with Crippen LogP contribution in [0, 0.1) is 5.41 Å². The zero-order valence-electron chi connectivity index (χ0n) is 9.49. The van der Waals surface area contributed by atoms with E-state index in [4.69, 9.17) is 10.1 Å². The van der Waals surface area contributed by atoms with E-state index in [2.05, 4.69) is 11.6 Å². The second-order valence-corrected chi connectivity index (χ2v) is 4.88. The molecule has 0 spiro atoms. The lowest BCUT2D eigenvalue weighted by Gasteiger charge is -2.36. The van der Waals surface area contributed by atoms with E-state index in [0.717, 1.165) is 23.6 Å². The van der Waals surface area contributed by atoms with Crippen LogP contribution in [0.25, 0.3) is 0 Å². The van der Waals surface area contributed by atoms with Gasteiger partial charge < -0.3 is 15.5 Å². The van der Waals surface area contributed by atoms with Gasteiger partial charge >= 0.3 is 0 Å². The Morgan fingerprint density at radius 3 is 2.56 bits per heavy atom. The quantitative estimate of drug-likeness (QED) is 0.844. The molecule has 2 rings (SSSR count). The molecule has 0 bridgehead atoms. The second kappa shape index (κ2) is 4.78. The smallest absolute Gasteiger partial charge is 0.119 e. The van der Waals surface area contributed by atoms with Gasteiger partial charge in [0.05, 0.1) is 13.2 Å². The highest BCUT2D eigenvalue weighted by molar-refractivity contribution is 8.00. The van der Waals surface area contributed by atoms with Crippen molar-refractivity contribution in [3.8, 4) is 5.75 Å². The Morgan fingerprint density at radius 2 is 2.06 bits per heavy atom. The normalized spacial score (nSPS) is 23.8. The first-order valence-electron chi connectivity index (χ1n) is 5.26. The van der Waals surface area contributed by atoms with Crippen molar-refractivity contribution in [1.82, 2.24) is 0 Å². The summed E-state index contributed by atoms with van der Waals surface area (Å²) in [5.74, 6) is 0.858. The summed E-state index contributed by atoms with van der Waals surface area (Å²) in [6.07, 6.45) is 3.11. The number of thioether (sulfide) groups is 1. The molecule has 3 nitrogen and oxygen atoms in total. The number of methoxy groups -OCH3 is 1. The van der Waals surface area contributed by atoms with Crippen LogP contribution in [0.5, 0.6) is 5.75 Å². The van der Waals surface area contributed by atoms with Crippen LogP contribution in [0.15, 0.2) is 24.3 Å². The Bertz CT molecular complexity index is 377. The summed E-state index contributed by atoms with van der Waals surface area (Å²) in [4.78, 5) is 0. The van der Waals surface area contributed by atoms with E-state index in [9.17, 15) is 0 Å². The molecule has 1 saturated carbocycles. The molecule has 4 heteroatoms. The maximum absolute atomic E-state index is 7.86. The third-order valence-corrected chi connectivity index (χ3v) is 3.90. The predicted octanol–water partition coefficient (Wildman–Crippen LogP) is 2.63. The van der Waals surface area contributed by atoms with Crippen molar-refractivity contribution >= 4 is 23.2 Å². The van der Waals surface area contributed by atoms with Crippen LogP contribution in [-0.2, 0) is 0 Å². The van der Waals surface area contributed by atoms with Gasteiger partial charge in [-0.25, -0.2) is 0 Å². The van der Waals surface area contributed by atoms with Gasteiger partial charge in [-0.3, -0.25) is 0 Å². The van der Waals surface area contributed by atoms with Gasteiger partial charge in [-0.15, -0.1) is 0 Å². The van der Waals surface area contributed by atoms with Crippen molar-refractivity contribution in [2.24, 2.45) is 0 Å². The molecule has 0 aliphatic heterocycles. The van der Waals surface area contributed by atoms with Crippen LogP contribution in [0.1, 0.15) is 6.42 Å². The van der Waals surface area contributed by atoms with Gasteiger partial charge in [0.25, 0.3) is 0 Å². The highest BCUT2D eigenvalue weighted by Crippen LogP contribution is 2.29. The Morgan fingerprint density at radius 1 is 1.38 bits per heavy atom. The summed E-state index contributed by atoms with van der Waals surface area (Å²) in [6, 6.07) is 8.04. The lowest BCUT2D eigenvalue weighted by atomic mass is 9.89. The Hall–Kier alpha value is -1.16. The van der Waals surface area contributed by atoms with E-state index >= 15 is 0 Å². The minimum absolute atomic E-state index is 0.214. The first kappa shape index (κ1) is 11.3. The van der Waals surface area contributed by atoms with Gasteiger partial charge in [0.2, 0.25) is 0 Å². The van der Waals surface area contributed by atoms with E-state index in [1.807, 2.05) is 24.3 Å². The number of rotatable bonds is 4. The fourth-order valence-corrected chi connectivity index (χ4v) is 2.58. The van der Waals surface area contributed by atoms with Crippen molar-refractivity contribution in [3.05, 3.63) is 24.3 Å². The number of hydrogen-bond acceptors (Lipinski definition) is 4. The molecule has 0 amide bonds. The number of nitrogens with one attached hydrogen (secondary N) is 2. The van der Waals surface area contributed by atoms with Crippen molar-refractivity contribution in [3.63, 3.8) is 0 Å². The largest absolute Gasteiger partial charge is 0.497 e. The molecule has 1 fully saturated rings. The first-order valence-corrected chi connectivity index (χ1v) is 6.55. The highest BCUT2D eigenvalue weighted by Gasteiger charge is 2.34. The molecular weight excluding hydrogens is 220 g/mol. The monoisotopic (exact) mass is 236 g/mol. The Labute approximate surface area is 100 Å². The molecule has 1 aromatic rings. The van der Waals surface area contributed by atoms with Crippen LogP contribution in [0.4, 0.5) is 5.69 Å². The molecule has 16 heavy (non-hydrogen) atoms. The molecule has 2 unspecified atom stereocenters. The van der Waals surface area contributed by atoms with Gasteiger partial charge in [-0.05, 0) is 36.9 Å².